The van der Waals surface area contributed by atoms with Crippen molar-refractivity contribution in [3.8, 4) is 0 Å². The fraction of sp³-hybridized carbons (Fsp3) is 0.286. The van der Waals surface area contributed by atoms with Crippen LogP contribution >= 0.6 is 15.9 Å². The molecule has 1 aromatic heterocycles. The summed E-state index contributed by atoms with van der Waals surface area (Å²) < 4.78 is 1.09. The van der Waals surface area contributed by atoms with Crippen molar-refractivity contribution in [1.29, 1.82) is 0 Å². The lowest BCUT2D eigenvalue weighted by atomic mass is 10.1. The van der Waals surface area contributed by atoms with Gasteiger partial charge in [0, 0.05) is 10.7 Å². The van der Waals surface area contributed by atoms with Gasteiger partial charge in [0.05, 0.1) is 17.4 Å². The zero-order valence-electron chi connectivity index (χ0n) is 10.7. The van der Waals surface area contributed by atoms with Crippen LogP contribution in [0.5, 0.6) is 0 Å². The summed E-state index contributed by atoms with van der Waals surface area (Å²) in [5.74, 6) is 0.852. The zero-order chi connectivity index (χ0) is 13.1. The highest BCUT2D eigenvalue weighted by Crippen LogP contribution is 2.21. The molecule has 4 heteroatoms. The lowest BCUT2D eigenvalue weighted by molar-refractivity contribution is 0.861. The molecule has 1 atom stereocenters. The Kier molecular flexibility index (Phi) is 3.97. The van der Waals surface area contributed by atoms with Crippen molar-refractivity contribution >= 4 is 21.7 Å². The molecular weight excluding hydrogens is 290 g/mol. The molecule has 0 radical (unpaired) electrons. The average Bonchev–Trinajstić information content (AvgIpc) is 2.34. The number of halogens is 1. The van der Waals surface area contributed by atoms with Crippen LogP contribution in [0, 0.1) is 13.8 Å². The largest absolute Gasteiger partial charge is 0.362 e. The summed E-state index contributed by atoms with van der Waals surface area (Å²) in [5.41, 5.74) is 3.07. The summed E-state index contributed by atoms with van der Waals surface area (Å²) in [6.45, 7) is 6.03. The molecule has 0 saturated heterocycles. The second-order valence-electron chi connectivity index (χ2n) is 4.36. The summed E-state index contributed by atoms with van der Waals surface area (Å²) in [4.78, 5) is 8.78. The Bertz CT molecular complexity index is 537. The lowest BCUT2D eigenvalue weighted by Gasteiger charge is -2.16. The van der Waals surface area contributed by atoms with E-state index in [-0.39, 0.29) is 6.04 Å². The Morgan fingerprint density at radius 3 is 2.50 bits per heavy atom. The Hall–Kier alpha value is -1.42. The number of nitrogens with one attached hydrogen (secondary N) is 1. The van der Waals surface area contributed by atoms with Crippen molar-refractivity contribution in [3.05, 3.63) is 51.9 Å². The maximum atomic E-state index is 4.47. The maximum absolute atomic E-state index is 4.47. The van der Waals surface area contributed by atoms with E-state index in [2.05, 4.69) is 50.3 Å². The molecule has 3 nitrogen and oxygen atoms in total. The molecule has 0 unspecified atom stereocenters. The molecule has 1 N–H and O–H groups in total. The van der Waals surface area contributed by atoms with Crippen LogP contribution in [0.2, 0.25) is 0 Å². The topological polar surface area (TPSA) is 37.8 Å². The van der Waals surface area contributed by atoms with Gasteiger partial charge in [0.15, 0.2) is 0 Å². The van der Waals surface area contributed by atoms with Gasteiger partial charge in [-0.05, 0) is 38.5 Å². The van der Waals surface area contributed by atoms with Crippen molar-refractivity contribution in [2.24, 2.45) is 0 Å². The third-order valence-corrected chi connectivity index (χ3v) is 3.33. The van der Waals surface area contributed by atoms with Gasteiger partial charge in [-0.3, -0.25) is 4.98 Å². The first-order valence-electron chi connectivity index (χ1n) is 5.88. The molecule has 0 fully saturated rings. The van der Waals surface area contributed by atoms with Gasteiger partial charge in [-0.1, -0.05) is 28.1 Å². The molecule has 1 heterocycles. The summed E-state index contributed by atoms with van der Waals surface area (Å²) in [7, 11) is 0. The minimum Gasteiger partial charge on any atom is -0.362 e. The van der Waals surface area contributed by atoms with Gasteiger partial charge >= 0.3 is 0 Å². The predicted octanol–water partition coefficient (Wildman–Crippen LogP) is 4.03. The highest BCUT2D eigenvalue weighted by Gasteiger charge is 2.08. The Morgan fingerprint density at radius 2 is 1.83 bits per heavy atom. The van der Waals surface area contributed by atoms with Crippen LogP contribution < -0.4 is 5.32 Å². The molecule has 0 aliphatic rings. The Balaban J connectivity index is 2.18. The first-order chi connectivity index (χ1) is 8.56. The summed E-state index contributed by atoms with van der Waals surface area (Å²) >= 11 is 3.44. The second-order valence-corrected chi connectivity index (χ2v) is 5.28. The van der Waals surface area contributed by atoms with Crippen molar-refractivity contribution < 1.29 is 0 Å². The van der Waals surface area contributed by atoms with E-state index in [1.54, 1.807) is 6.20 Å². The van der Waals surface area contributed by atoms with E-state index < -0.39 is 0 Å². The van der Waals surface area contributed by atoms with Crippen LogP contribution in [0.25, 0.3) is 0 Å². The molecule has 0 amide bonds. The molecule has 0 aliphatic carbocycles. The van der Waals surface area contributed by atoms with Crippen LogP contribution in [0.1, 0.15) is 29.9 Å². The lowest BCUT2D eigenvalue weighted by Crippen LogP contribution is -2.10. The van der Waals surface area contributed by atoms with E-state index in [1.807, 2.05) is 26.0 Å². The Labute approximate surface area is 116 Å². The van der Waals surface area contributed by atoms with Gasteiger partial charge in [-0.15, -0.1) is 0 Å². The Morgan fingerprint density at radius 1 is 1.17 bits per heavy atom. The van der Waals surface area contributed by atoms with Crippen molar-refractivity contribution in [1.82, 2.24) is 9.97 Å². The van der Waals surface area contributed by atoms with Gasteiger partial charge in [0.2, 0.25) is 0 Å². The first-order valence-corrected chi connectivity index (χ1v) is 6.68. The third-order valence-electron chi connectivity index (χ3n) is 2.80. The molecule has 2 rings (SSSR count). The maximum Gasteiger partial charge on any atom is 0.148 e. The number of aromatic nitrogens is 2. The number of benzene rings is 1. The monoisotopic (exact) mass is 305 g/mol. The second kappa shape index (κ2) is 5.48. The molecule has 0 bridgehead atoms. The smallest absolute Gasteiger partial charge is 0.148 e. The fourth-order valence-electron chi connectivity index (χ4n) is 1.71. The number of nitrogens with zero attached hydrogens (tertiary/aromatic N) is 2. The molecule has 0 saturated carbocycles. The van der Waals surface area contributed by atoms with E-state index in [4.69, 9.17) is 0 Å². The summed E-state index contributed by atoms with van der Waals surface area (Å²) in [5, 5.41) is 3.40. The third kappa shape index (κ3) is 3.07. The standard InChI is InChI=1S/C14H16BrN3/c1-9-8-16-11(3)14(17-9)18-10(2)12-4-6-13(15)7-5-12/h4-8,10H,1-3H3,(H,17,18)/t10-/m1/s1. The first kappa shape index (κ1) is 13.0. The van der Waals surface area contributed by atoms with Crippen LogP contribution in [0.15, 0.2) is 34.9 Å². The van der Waals surface area contributed by atoms with E-state index >= 15 is 0 Å². The van der Waals surface area contributed by atoms with Crippen molar-refractivity contribution in [3.63, 3.8) is 0 Å². The minimum atomic E-state index is 0.202. The van der Waals surface area contributed by atoms with E-state index in [1.165, 1.54) is 5.56 Å². The molecular formula is C14H16BrN3. The van der Waals surface area contributed by atoms with Crippen molar-refractivity contribution in [2.45, 2.75) is 26.8 Å². The molecule has 1 aromatic carbocycles. The number of hydrogen-bond donors (Lipinski definition) is 1. The highest BCUT2D eigenvalue weighted by molar-refractivity contribution is 9.10. The summed E-state index contributed by atoms with van der Waals surface area (Å²) in [6, 6.07) is 8.48. The zero-order valence-corrected chi connectivity index (χ0v) is 12.3. The molecule has 0 spiro atoms. The van der Waals surface area contributed by atoms with Crippen LogP contribution in [-0.4, -0.2) is 9.97 Å². The highest BCUT2D eigenvalue weighted by atomic mass is 79.9. The number of aryl methyl sites for hydroxylation is 2. The van der Waals surface area contributed by atoms with Crippen LogP contribution in [0.4, 0.5) is 5.82 Å². The quantitative estimate of drug-likeness (QED) is 0.930. The average molecular weight is 306 g/mol. The van der Waals surface area contributed by atoms with E-state index in [9.17, 15) is 0 Å². The van der Waals surface area contributed by atoms with Gasteiger partial charge in [0.25, 0.3) is 0 Å². The molecule has 94 valence electrons. The SMILES string of the molecule is Cc1cnc(C)c(N[C@H](C)c2ccc(Br)cc2)n1. The number of rotatable bonds is 3. The fourth-order valence-corrected chi connectivity index (χ4v) is 1.98. The van der Waals surface area contributed by atoms with Gasteiger partial charge < -0.3 is 5.32 Å². The molecule has 2 aromatic rings. The van der Waals surface area contributed by atoms with Gasteiger partial charge in [0.1, 0.15) is 5.82 Å². The summed E-state index contributed by atoms with van der Waals surface area (Å²) in [6.07, 6.45) is 1.78. The molecule has 18 heavy (non-hydrogen) atoms. The predicted molar refractivity (Wildman–Crippen MR) is 77.7 cm³/mol. The number of hydrogen-bond acceptors (Lipinski definition) is 3. The van der Waals surface area contributed by atoms with E-state index in [0.717, 1.165) is 21.7 Å². The minimum absolute atomic E-state index is 0.202. The number of anilines is 1. The van der Waals surface area contributed by atoms with Crippen LogP contribution in [-0.2, 0) is 0 Å². The van der Waals surface area contributed by atoms with Gasteiger partial charge in [-0.25, -0.2) is 4.98 Å². The normalized spacial score (nSPS) is 12.2. The van der Waals surface area contributed by atoms with Crippen molar-refractivity contribution in [2.75, 3.05) is 5.32 Å². The van der Waals surface area contributed by atoms with E-state index in [0.29, 0.717) is 0 Å². The van der Waals surface area contributed by atoms with Gasteiger partial charge in [-0.2, -0.15) is 0 Å². The van der Waals surface area contributed by atoms with Crippen LogP contribution in [0.3, 0.4) is 0 Å². The molecule has 0 aliphatic heterocycles.